The monoisotopic (exact) mass is 176 g/mol. The Bertz CT molecular complexity index is 277. The Morgan fingerprint density at radius 3 is 2.62 bits per heavy atom. The van der Waals surface area contributed by atoms with E-state index in [1.165, 1.54) is 37.7 Å². The van der Waals surface area contributed by atoms with E-state index in [-0.39, 0.29) is 0 Å². The van der Waals surface area contributed by atoms with Crippen molar-refractivity contribution in [1.29, 1.82) is 0 Å². The summed E-state index contributed by atoms with van der Waals surface area (Å²) < 4.78 is 0. The maximum Gasteiger partial charge on any atom is 0.0503 e. The van der Waals surface area contributed by atoms with Gasteiger partial charge in [0.2, 0.25) is 0 Å². The Morgan fingerprint density at radius 2 is 1.92 bits per heavy atom. The van der Waals surface area contributed by atoms with Crippen LogP contribution in [0.5, 0.6) is 0 Å². The zero-order valence-corrected chi connectivity index (χ0v) is 7.87. The van der Waals surface area contributed by atoms with Crippen molar-refractivity contribution in [2.24, 2.45) is 0 Å². The predicted molar refractivity (Wildman–Crippen MR) is 54.5 cm³/mol. The zero-order chi connectivity index (χ0) is 9.10. The van der Waals surface area contributed by atoms with E-state index < -0.39 is 0 Å². The van der Waals surface area contributed by atoms with Crippen molar-refractivity contribution in [3.63, 3.8) is 0 Å². The smallest absolute Gasteiger partial charge is 0.0503 e. The van der Waals surface area contributed by atoms with Crippen LogP contribution in [0.25, 0.3) is 0 Å². The molecule has 2 rings (SSSR count). The number of hydrogen-bond acceptors (Lipinski definition) is 2. The fraction of sp³-hybridized carbons (Fsp3) is 0.545. The average Bonchev–Trinajstić information content (AvgIpc) is 2.19. The summed E-state index contributed by atoms with van der Waals surface area (Å²) in [6.45, 7) is 0. The predicted octanol–water partition coefficient (Wildman–Crippen LogP) is 2.71. The van der Waals surface area contributed by atoms with Crippen LogP contribution in [0.3, 0.4) is 0 Å². The molecule has 2 nitrogen and oxygen atoms in total. The minimum absolute atomic E-state index is 0.713. The third-order valence-corrected chi connectivity index (χ3v) is 2.86. The first-order chi connectivity index (χ1) is 6.36. The van der Waals surface area contributed by atoms with Gasteiger partial charge in [-0.15, -0.1) is 0 Å². The number of nitrogens with zero attached hydrogens (tertiary/aromatic N) is 1. The van der Waals surface area contributed by atoms with Gasteiger partial charge in [-0.05, 0) is 30.4 Å². The molecule has 1 fully saturated rings. The van der Waals surface area contributed by atoms with Crippen molar-refractivity contribution < 1.29 is 0 Å². The molecule has 2 N–H and O–H groups in total. The van der Waals surface area contributed by atoms with Crippen molar-refractivity contribution >= 4 is 5.69 Å². The van der Waals surface area contributed by atoms with Gasteiger partial charge in [-0.1, -0.05) is 19.3 Å². The third kappa shape index (κ3) is 2.00. The summed E-state index contributed by atoms with van der Waals surface area (Å²) in [7, 11) is 0. The van der Waals surface area contributed by atoms with Crippen LogP contribution in [0.15, 0.2) is 18.5 Å². The topological polar surface area (TPSA) is 38.9 Å². The van der Waals surface area contributed by atoms with Crippen LogP contribution in [0.4, 0.5) is 5.69 Å². The molecule has 0 aromatic carbocycles. The lowest BCUT2D eigenvalue weighted by Gasteiger charge is -2.21. The standard InChI is InChI=1S/C11H16N2/c12-11-6-10(7-13-8-11)9-4-2-1-3-5-9/h6-9H,1-5,12H2. The number of nitrogens with two attached hydrogens (primary N) is 1. The van der Waals surface area contributed by atoms with Crippen molar-refractivity contribution in [2.45, 2.75) is 38.0 Å². The van der Waals surface area contributed by atoms with Crippen molar-refractivity contribution in [3.8, 4) is 0 Å². The van der Waals surface area contributed by atoms with E-state index in [1.54, 1.807) is 6.20 Å². The SMILES string of the molecule is Nc1cncc(C2CCCCC2)c1. The molecule has 0 unspecified atom stereocenters. The fourth-order valence-electron chi connectivity index (χ4n) is 2.14. The number of rotatable bonds is 1. The summed E-state index contributed by atoms with van der Waals surface area (Å²) in [5, 5.41) is 0. The Kier molecular flexibility index (Phi) is 2.48. The molecule has 0 spiro atoms. The van der Waals surface area contributed by atoms with Crippen LogP contribution < -0.4 is 5.73 Å². The molecule has 70 valence electrons. The van der Waals surface area contributed by atoms with E-state index in [1.807, 2.05) is 6.20 Å². The summed E-state index contributed by atoms with van der Waals surface area (Å²) in [5.74, 6) is 0.713. The van der Waals surface area contributed by atoms with Gasteiger partial charge in [-0.3, -0.25) is 4.98 Å². The molecule has 0 amide bonds. The highest BCUT2D eigenvalue weighted by Crippen LogP contribution is 2.32. The minimum Gasteiger partial charge on any atom is -0.397 e. The normalized spacial score (nSPS) is 18.8. The second-order valence-corrected chi connectivity index (χ2v) is 3.89. The molecule has 1 saturated carbocycles. The van der Waals surface area contributed by atoms with Crippen molar-refractivity contribution in [2.75, 3.05) is 5.73 Å². The molecule has 0 atom stereocenters. The first kappa shape index (κ1) is 8.54. The van der Waals surface area contributed by atoms with Gasteiger partial charge in [-0.2, -0.15) is 0 Å². The van der Waals surface area contributed by atoms with E-state index in [4.69, 9.17) is 5.73 Å². The molecular formula is C11H16N2. The summed E-state index contributed by atoms with van der Waals surface area (Å²) >= 11 is 0. The van der Waals surface area contributed by atoms with Gasteiger partial charge in [0.25, 0.3) is 0 Å². The zero-order valence-electron chi connectivity index (χ0n) is 7.87. The summed E-state index contributed by atoms with van der Waals surface area (Å²) in [4.78, 5) is 4.13. The van der Waals surface area contributed by atoms with Crippen LogP contribution in [0.2, 0.25) is 0 Å². The van der Waals surface area contributed by atoms with Crippen LogP contribution in [0.1, 0.15) is 43.6 Å². The highest BCUT2D eigenvalue weighted by molar-refractivity contribution is 5.38. The summed E-state index contributed by atoms with van der Waals surface area (Å²) in [6.07, 6.45) is 10.4. The first-order valence-corrected chi connectivity index (χ1v) is 5.06. The molecule has 0 radical (unpaired) electrons. The highest BCUT2D eigenvalue weighted by atomic mass is 14.7. The van der Waals surface area contributed by atoms with Crippen molar-refractivity contribution in [1.82, 2.24) is 4.98 Å². The number of hydrogen-bond donors (Lipinski definition) is 1. The van der Waals surface area contributed by atoms with Gasteiger partial charge in [0.05, 0.1) is 5.69 Å². The maximum absolute atomic E-state index is 5.70. The van der Waals surface area contributed by atoms with E-state index in [2.05, 4.69) is 11.1 Å². The minimum atomic E-state index is 0.713. The Hall–Kier alpha value is -1.05. The fourth-order valence-corrected chi connectivity index (χ4v) is 2.14. The molecule has 1 aromatic heterocycles. The van der Waals surface area contributed by atoms with Gasteiger partial charge >= 0.3 is 0 Å². The molecule has 1 aliphatic rings. The lowest BCUT2D eigenvalue weighted by Crippen LogP contribution is -2.05. The van der Waals surface area contributed by atoms with E-state index >= 15 is 0 Å². The van der Waals surface area contributed by atoms with Gasteiger partial charge in [0.15, 0.2) is 0 Å². The van der Waals surface area contributed by atoms with E-state index in [9.17, 15) is 0 Å². The van der Waals surface area contributed by atoms with Crippen LogP contribution in [-0.4, -0.2) is 4.98 Å². The number of nitrogen functional groups attached to an aromatic ring is 1. The number of aromatic nitrogens is 1. The highest BCUT2D eigenvalue weighted by Gasteiger charge is 2.15. The Labute approximate surface area is 79.2 Å². The molecule has 13 heavy (non-hydrogen) atoms. The van der Waals surface area contributed by atoms with Crippen molar-refractivity contribution in [3.05, 3.63) is 24.0 Å². The molecule has 0 bridgehead atoms. The van der Waals surface area contributed by atoms with Gasteiger partial charge < -0.3 is 5.73 Å². The summed E-state index contributed by atoms with van der Waals surface area (Å²) in [6, 6.07) is 2.07. The average molecular weight is 176 g/mol. The lowest BCUT2D eigenvalue weighted by molar-refractivity contribution is 0.443. The lowest BCUT2D eigenvalue weighted by atomic mass is 9.85. The molecule has 2 heteroatoms. The van der Waals surface area contributed by atoms with Crippen LogP contribution in [0, 0.1) is 0 Å². The number of anilines is 1. The third-order valence-electron chi connectivity index (χ3n) is 2.86. The molecule has 0 saturated heterocycles. The maximum atomic E-state index is 5.70. The molecule has 0 aliphatic heterocycles. The van der Waals surface area contributed by atoms with Gasteiger partial charge in [0, 0.05) is 12.4 Å². The molecular weight excluding hydrogens is 160 g/mol. The van der Waals surface area contributed by atoms with Crippen LogP contribution >= 0.6 is 0 Å². The second-order valence-electron chi connectivity index (χ2n) is 3.89. The van der Waals surface area contributed by atoms with E-state index in [0.717, 1.165) is 5.69 Å². The molecule has 1 aromatic rings. The Morgan fingerprint density at radius 1 is 1.15 bits per heavy atom. The Balaban J connectivity index is 2.14. The van der Waals surface area contributed by atoms with Gasteiger partial charge in [-0.25, -0.2) is 0 Å². The molecule has 1 heterocycles. The number of pyridine rings is 1. The second kappa shape index (κ2) is 3.77. The van der Waals surface area contributed by atoms with Gasteiger partial charge in [0.1, 0.15) is 0 Å². The molecule has 1 aliphatic carbocycles. The van der Waals surface area contributed by atoms with Crippen LogP contribution in [-0.2, 0) is 0 Å². The quantitative estimate of drug-likeness (QED) is 0.714. The van der Waals surface area contributed by atoms with E-state index in [0.29, 0.717) is 5.92 Å². The summed E-state index contributed by atoms with van der Waals surface area (Å²) in [5.41, 5.74) is 7.83. The first-order valence-electron chi connectivity index (χ1n) is 5.06. The largest absolute Gasteiger partial charge is 0.397 e.